The van der Waals surface area contributed by atoms with Gasteiger partial charge >= 0.3 is 6.03 Å². The van der Waals surface area contributed by atoms with Gasteiger partial charge in [-0.3, -0.25) is 0 Å². The van der Waals surface area contributed by atoms with Crippen molar-refractivity contribution in [3.05, 3.63) is 64.7 Å². The van der Waals surface area contributed by atoms with Crippen molar-refractivity contribution < 1.29 is 13.6 Å². The maximum Gasteiger partial charge on any atom is 0.319 e. The number of nitrogens with one attached hydrogen (secondary N) is 2. The molecule has 2 aromatic carbocycles. The minimum absolute atomic E-state index is 0.182. The molecule has 6 heteroatoms. The topological polar surface area (TPSA) is 41.1 Å². The van der Waals surface area contributed by atoms with Gasteiger partial charge in [0.05, 0.1) is 6.54 Å². The molecule has 0 fully saturated rings. The van der Waals surface area contributed by atoms with Crippen LogP contribution in [0.3, 0.4) is 0 Å². The summed E-state index contributed by atoms with van der Waals surface area (Å²) in [6, 6.07) is 9.45. The van der Waals surface area contributed by atoms with Crippen molar-refractivity contribution in [2.45, 2.75) is 6.54 Å². The number of anilines is 1. The molecule has 0 aromatic heterocycles. The molecule has 0 unspecified atom stereocenters. The molecule has 2 amide bonds. The van der Waals surface area contributed by atoms with Crippen molar-refractivity contribution in [1.29, 1.82) is 0 Å². The highest BCUT2D eigenvalue weighted by Crippen LogP contribution is 2.14. The molecule has 0 heterocycles. The Kier molecular flexibility index (Phi) is 4.53. The first-order valence-corrected chi connectivity index (χ1v) is 6.17. The third-order valence-electron chi connectivity index (χ3n) is 2.59. The Morgan fingerprint density at radius 3 is 2.25 bits per heavy atom. The summed E-state index contributed by atoms with van der Waals surface area (Å²) >= 11 is 5.71. The van der Waals surface area contributed by atoms with Gasteiger partial charge in [0.25, 0.3) is 0 Å². The fourth-order valence-corrected chi connectivity index (χ4v) is 1.70. The van der Waals surface area contributed by atoms with Gasteiger partial charge in [0.15, 0.2) is 0 Å². The highest BCUT2D eigenvalue weighted by molar-refractivity contribution is 6.30. The standard InChI is InChI=1S/C14H11ClF2N2O/c15-9-4-6-10(7-5-9)19-14(20)18-8-11-12(16)2-1-3-13(11)17/h1-7H,8H2,(H2,18,19,20). The van der Waals surface area contributed by atoms with Crippen molar-refractivity contribution in [2.75, 3.05) is 5.32 Å². The minimum atomic E-state index is -0.697. The zero-order chi connectivity index (χ0) is 14.5. The van der Waals surface area contributed by atoms with Gasteiger partial charge in [-0.05, 0) is 36.4 Å². The minimum Gasteiger partial charge on any atom is -0.334 e. The number of amides is 2. The molecule has 0 saturated carbocycles. The van der Waals surface area contributed by atoms with E-state index < -0.39 is 17.7 Å². The third-order valence-corrected chi connectivity index (χ3v) is 2.84. The van der Waals surface area contributed by atoms with Gasteiger partial charge in [0, 0.05) is 16.3 Å². The average molecular weight is 297 g/mol. The lowest BCUT2D eigenvalue weighted by atomic mass is 10.2. The highest BCUT2D eigenvalue weighted by Gasteiger charge is 2.09. The van der Waals surface area contributed by atoms with E-state index in [9.17, 15) is 13.6 Å². The maximum absolute atomic E-state index is 13.3. The van der Waals surface area contributed by atoms with Crippen LogP contribution in [0.1, 0.15) is 5.56 Å². The SMILES string of the molecule is O=C(NCc1c(F)cccc1F)Nc1ccc(Cl)cc1. The maximum atomic E-state index is 13.3. The second kappa shape index (κ2) is 6.34. The molecule has 3 nitrogen and oxygen atoms in total. The largest absolute Gasteiger partial charge is 0.334 e. The molecule has 0 saturated heterocycles. The van der Waals surface area contributed by atoms with Crippen LogP contribution >= 0.6 is 11.6 Å². The Morgan fingerprint density at radius 1 is 1.05 bits per heavy atom. The molecular weight excluding hydrogens is 286 g/mol. The summed E-state index contributed by atoms with van der Waals surface area (Å²) in [5.41, 5.74) is 0.347. The van der Waals surface area contributed by atoms with Gasteiger partial charge in [-0.15, -0.1) is 0 Å². The molecule has 0 radical (unpaired) electrons. The molecule has 20 heavy (non-hydrogen) atoms. The van der Waals surface area contributed by atoms with Crippen LogP contribution in [-0.2, 0) is 6.54 Å². The predicted molar refractivity (Wildman–Crippen MR) is 73.7 cm³/mol. The van der Waals surface area contributed by atoms with Crippen LogP contribution in [0.5, 0.6) is 0 Å². The summed E-state index contributed by atoms with van der Waals surface area (Å²) in [4.78, 5) is 11.6. The summed E-state index contributed by atoms with van der Waals surface area (Å²) < 4.78 is 26.7. The molecule has 0 aliphatic carbocycles. The van der Waals surface area contributed by atoms with Gasteiger partial charge in [0.2, 0.25) is 0 Å². The second-order valence-corrected chi connectivity index (χ2v) is 4.45. The Labute approximate surface area is 119 Å². The number of urea groups is 1. The van der Waals surface area contributed by atoms with E-state index in [1.807, 2.05) is 0 Å². The second-order valence-electron chi connectivity index (χ2n) is 4.01. The zero-order valence-electron chi connectivity index (χ0n) is 10.3. The summed E-state index contributed by atoms with van der Waals surface area (Å²) in [6.45, 7) is -0.238. The number of hydrogen-bond acceptors (Lipinski definition) is 1. The first kappa shape index (κ1) is 14.3. The molecule has 0 spiro atoms. The quantitative estimate of drug-likeness (QED) is 0.885. The van der Waals surface area contributed by atoms with E-state index in [0.29, 0.717) is 10.7 Å². The van der Waals surface area contributed by atoms with Crippen LogP contribution < -0.4 is 10.6 Å². The monoisotopic (exact) mass is 296 g/mol. The van der Waals surface area contributed by atoms with Gasteiger partial charge < -0.3 is 10.6 Å². The molecule has 2 aromatic rings. The molecule has 0 aliphatic heterocycles. The van der Waals surface area contributed by atoms with E-state index >= 15 is 0 Å². The molecule has 104 valence electrons. The summed E-state index contributed by atoms with van der Waals surface area (Å²) in [5.74, 6) is -1.39. The fourth-order valence-electron chi connectivity index (χ4n) is 1.58. The molecule has 0 bridgehead atoms. The van der Waals surface area contributed by atoms with E-state index in [-0.39, 0.29) is 12.1 Å². The Hall–Kier alpha value is -2.14. The van der Waals surface area contributed by atoms with Crippen LogP contribution in [0.2, 0.25) is 5.02 Å². The normalized spacial score (nSPS) is 10.2. The summed E-state index contributed by atoms with van der Waals surface area (Å²) in [5, 5.41) is 5.45. The van der Waals surface area contributed by atoms with Crippen molar-refractivity contribution >= 4 is 23.3 Å². The zero-order valence-corrected chi connectivity index (χ0v) is 11.0. The molecule has 0 atom stereocenters. The molecule has 0 aliphatic rings. The van der Waals surface area contributed by atoms with Crippen LogP contribution in [0.15, 0.2) is 42.5 Å². The highest BCUT2D eigenvalue weighted by atomic mass is 35.5. The number of benzene rings is 2. The van der Waals surface area contributed by atoms with Crippen molar-refractivity contribution in [3.63, 3.8) is 0 Å². The fraction of sp³-hybridized carbons (Fsp3) is 0.0714. The van der Waals surface area contributed by atoms with Gasteiger partial charge in [-0.1, -0.05) is 17.7 Å². The molecular formula is C14H11ClF2N2O. The number of rotatable bonds is 3. The van der Waals surface area contributed by atoms with Crippen LogP contribution in [0.25, 0.3) is 0 Å². The van der Waals surface area contributed by atoms with E-state index in [0.717, 1.165) is 12.1 Å². The van der Waals surface area contributed by atoms with Crippen LogP contribution in [0.4, 0.5) is 19.3 Å². The number of hydrogen-bond donors (Lipinski definition) is 2. The number of halogens is 3. The lowest BCUT2D eigenvalue weighted by Crippen LogP contribution is -2.28. The Bertz CT molecular complexity index is 597. The van der Waals surface area contributed by atoms with Crippen molar-refractivity contribution in [2.24, 2.45) is 0 Å². The first-order chi connectivity index (χ1) is 9.56. The lowest BCUT2D eigenvalue weighted by Gasteiger charge is -2.09. The Balaban J connectivity index is 1.94. The Morgan fingerprint density at radius 2 is 1.65 bits per heavy atom. The van der Waals surface area contributed by atoms with Crippen molar-refractivity contribution in [3.8, 4) is 0 Å². The van der Waals surface area contributed by atoms with E-state index in [4.69, 9.17) is 11.6 Å². The average Bonchev–Trinajstić information content (AvgIpc) is 2.41. The van der Waals surface area contributed by atoms with Gasteiger partial charge in [-0.2, -0.15) is 0 Å². The van der Waals surface area contributed by atoms with Gasteiger partial charge in [-0.25, -0.2) is 13.6 Å². The summed E-state index contributed by atoms with van der Waals surface area (Å²) in [6.07, 6.45) is 0. The first-order valence-electron chi connectivity index (χ1n) is 5.79. The smallest absolute Gasteiger partial charge is 0.319 e. The van der Waals surface area contributed by atoms with Crippen LogP contribution in [0, 0.1) is 11.6 Å². The van der Waals surface area contributed by atoms with Crippen molar-refractivity contribution in [1.82, 2.24) is 5.32 Å². The molecule has 2 N–H and O–H groups in total. The predicted octanol–water partition coefficient (Wildman–Crippen LogP) is 3.94. The summed E-state index contributed by atoms with van der Waals surface area (Å²) in [7, 11) is 0. The van der Waals surface area contributed by atoms with E-state index in [2.05, 4.69) is 10.6 Å². The van der Waals surface area contributed by atoms with Gasteiger partial charge in [0.1, 0.15) is 11.6 Å². The van der Waals surface area contributed by atoms with E-state index in [1.165, 1.54) is 6.07 Å². The number of carbonyl (C=O) groups excluding carboxylic acids is 1. The van der Waals surface area contributed by atoms with Crippen LogP contribution in [-0.4, -0.2) is 6.03 Å². The third kappa shape index (κ3) is 3.68. The molecule has 2 rings (SSSR count). The number of carbonyl (C=O) groups is 1. The lowest BCUT2D eigenvalue weighted by molar-refractivity contribution is 0.251. The van der Waals surface area contributed by atoms with E-state index in [1.54, 1.807) is 24.3 Å².